The van der Waals surface area contributed by atoms with Crippen molar-refractivity contribution in [3.63, 3.8) is 0 Å². The summed E-state index contributed by atoms with van der Waals surface area (Å²) in [4.78, 5) is 65.7. The molecule has 57 heavy (non-hydrogen) atoms. The standard InChI is InChI=1S/C43H58N6O6.C2H6/c1-7-32-12-10-14-35(24-32)36-25-37(45-38(50)29-49(42(53)55-43(4,5)6)28-34-13-9-11-31(3)23-34)40(44-26-36)41(52)48-17-15-33(16-18-48)27-46-19-21-47(22-20-46)30-39(51)54-8-2;1-2/h9-14,23-26,33H,7-8,15-22,27-30H2,1-6H3,(H,45,50);1-2H3. The molecule has 2 saturated heterocycles. The number of rotatable bonds is 13. The fraction of sp³-hybridized carbons (Fsp3) is 0.533. The number of esters is 1. The number of likely N-dealkylation sites (tertiary alicyclic amines) is 1. The summed E-state index contributed by atoms with van der Waals surface area (Å²) >= 11 is 0. The zero-order valence-corrected chi connectivity index (χ0v) is 35.4. The van der Waals surface area contributed by atoms with E-state index < -0.39 is 17.6 Å². The molecule has 3 heterocycles. The summed E-state index contributed by atoms with van der Waals surface area (Å²) in [5.41, 5.74) is 4.49. The number of amides is 3. The van der Waals surface area contributed by atoms with Gasteiger partial charge in [0.15, 0.2) is 5.69 Å². The minimum atomic E-state index is -0.753. The van der Waals surface area contributed by atoms with Crippen molar-refractivity contribution < 1.29 is 28.7 Å². The van der Waals surface area contributed by atoms with Crippen molar-refractivity contribution >= 4 is 29.6 Å². The van der Waals surface area contributed by atoms with E-state index in [1.807, 2.05) is 69.0 Å². The topological polar surface area (TPSA) is 125 Å². The lowest BCUT2D eigenvalue weighted by molar-refractivity contribution is -0.144. The number of carbonyl (C=O) groups excluding carboxylic acids is 4. The van der Waals surface area contributed by atoms with Crippen molar-refractivity contribution in [3.05, 3.63) is 83.2 Å². The van der Waals surface area contributed by atoms with E-state index in [0.717, 1.165) is 79.8 Å². The van der Waals surface area contributed by atoms with Gasteiger partial charge in [0.1, 0.15) is 12.1 Å². The highest BCUT2D eigenvalue weighted by Crippen LogP contribution is 2.28. The highest BCUT2D eigenvalue weighted by molar-refractivity contribution is 6.03. The Balaban J connectivity index is 0.00000354. The number of hydrogen-bond acceptors (Lipinski definition) is 9. The van der Waals surface area contributed by atoms with Gasteiger partial charge in [0, 0.05) is 64.1 Å². The highest BCUT2D eigenvalue weighted by atomic mass is 16.6. The molecule has 2 fully saturated rings. The first-order valence-electron chi connectivity index (χ1n) is 20.6. The Morgan fingerprint density at radius 1 is 0.860 bits per heavy atom. The summed E-state index contributed by atoms with van der Waals surface area (Å²) in [7, 11) is 0. The molecule has 1 N–H and O–H groups in total. The van der Waals surface area contributed by atoms with Gasteiger partial charge in [-0.3, -0.25) is 24.2 Å². The van der Waals surface area contributed by atoms with E-state index in [-0.39, 0.29) is 30.7 Å². The lowest BCUT2D eigenvalue weighted by Crippen LogP contribution is -2.50. The van der Waals surface area contributed by atoms with Crippen LogP contribution >= 0.6 is 0 Å². The van der Waals surface area contributed by atoms with Crippen LogP contribution in [0.5, 0.6) is 0 Å². The second-order valence-corrected chi connectivity index (χ2v) is 15.7. The van der Waals surface area contributed by atoms with Gasteiger partial charge < -0.3 is 24.6 Å². The maximum Gasteiger partial charge on any atom is 0.411 e. The minimum absolute atomic E-state index is 0.169. The molecular formula is C45H64N6O6. The van der Waals surface area contributed by atoms with E-state index in [4.69, 9.17) is 9.47 Å². The minimum Gasteiger partial charge on any atom is -0.465 e. The van der Waals surface area contributed by atoms with Crippen LogP contribution in [0.25, 0.3) is 11.1 Å². The van der Waals surface area contributed by atoms with Crippen molar-refractivity contribution in [2.24, 2.45) is 5.92 Å². The molecule has 3 amide bonds. The molecule has 0 saturated carbocycles. The Bertz CT molecular complexity index is 1790. The predicted molar refractivity (Wildman–Crippen MR) is 225 cm³/mol. The van der Waals surface area contributed by atoms with Crippen LogP contribution < -0.4 is 5.32 Å². The summed E-state index contributed by atoms with van der Waals surface area (Å²) in [6.45, 7) is 21.5. The summed E-state index contributed by atoms with van der Waals surface area (Å²) < 4.78 is 10.8. The Labute approximate surface area is 339 Å². The number of nitrogens with zero attached hydrogens (tertiary/aromatic N) is 5. The second kappa shape index (κ2) is 21.6. The molecule has 0 unspecified atom stereocenters. The van der Waals surface area contributed by atoms with Gasteiger partial charge in [-0.05, 0) is 82.6 Å². The summed E-state index contributed by atoms with van der Waals surface area (Å²) in [5, 5.41) is 2.96. The molecule has 2 aliphatic heterocycles. The average Bonchev–Trinajstić information content (AvgIpc) is 3.18. The molecule has 0 radical (unpaired) electrons. The number of nitrogens with one attached hydrogen (secondary N) is 1. The molecule has 12 heteroatoms. The highest BCUT2D eigenvalue weighted by Gasteiger charge is 2.30. The molecule has 0 spiro atoms. The van der Waals surface area contributed by atoms with Crippen molar-refractivity contribution in [2.75, 3.05) is 70.8 Å². The largest absolute Gasteiger partial charge is 0.465 e. The fourth-order valence-corrected chi connectivity index (χ4v) is 7.12. The maximum absolute atomic E-state index is 14.2. The van der Waals surface area contributed by atoms with Gasteiger partial charge in [-0.25, -0.2) is 9.78 Å². The third kappa shape index (κ3) is 14.0. The summed E-state index contributed by atoms with van der Waals surface area (Å²) in [5.74, 6) is -0.423. The van der Waals surface area contributed by atoms with Gasteiger partial charge in [-0.15, -0.1) is 0 Å². The summed E-state index contributed by atoms with van der Waals surface area (Å²) in [6.07, 6.45) is 3.68. The second-order valence-electron chi connectivity index (χ2n) is 15.7. The number of carbonyl (C=O) groups is 4. The quantitative estimate of drug-likeness (QED) is 0.182. The van der Waals surface area contributed by atoms with Gasteiger partial charge in [-0.1, -0.05) is 74.9 Å². The van der Waals surface area contributed by atoms with Crippen LogP contribution in [0.4, 0.5) is 10.5 Å². The van der Waals surface area contributed by atoms with Gasteiger partial charge in [-0.2, -0.15) is 0 Å². The smallest absolute Gasteiger partial charge is 0.411 e. The molecule has 5 rings (SSSR count). The Hall–Kier alpha value is -4.81. The number of hydrogen-bond donors (Lipinski definition) is 1. The number of aryl methyl sites for hydroxylation is 2. The lowest BCUT2D eigenvalue weighted by Gasteiger charge is -2.38. The molecule has 3 aromatic rings. The van der Waals surface area contributed by atoms with Gasteiger partial charge in [0.2, 0.25) is 5.91 Å². The van der Waals surface area contributed by atoms with Crippen LogP contribution in [0.15, 0.2) is 60.8 Å². The number of aromatic nitrogens is 1. The van der Waals surface area contributed by atoms with Gasteiger partial charge >= 0.3 is 12.1 Å². The molecule has 2 aliphatic rings. The number of pyridine rings is 1. The van der Waals surface area contributed by atoms with Crippen LogP contribution in [-0.4, -0.2) is 120 Å². The zero-order valence-electron chi connectivity index (χ0n) is 35.4. The number of ether oxygens (including phenoxy) is 2. The van der Waals surface area contributed by atoms with Gasteiger partial charge in [0.25, 0.3) is 5.91 Å². The molecule has 0 aliphatic carbocycles. The molecule has 1 aromatic heterocycles. The third-order valence-corrected chi connectivity index (χ3v) is 10.0. The first kappa shape index (κ1) is 44.9. The molecular weight excluding hydrogens is 721 g/mol. The van der Waals surface area contributed by atoms with E-state index in [1.54, 1.807) is 33.0 Å². The van der Waals surface area contributed by atoms with Crippen LogP contribution in [0.3, 0.4) is 0 Å². The maximum atomic E-state index is 14.2. The number of benzene rings is 2. The monoisotopic (exact) mass is 784 g/mol. The lowest BCUT2D eigenvalue weighted by atomic mass is 9.95. The molecule has 310 valence electrons. The van der Waals surface area contributed by atoms with Crippen molar-refractivity contribution in [1.82, 2.24) is 24.6 Å². The van der Waals surface area contributed by atoms with E-state index >= 15 is 0 Å². The Morgan fingerprint density at radius 3 is 2.18 bits per heavy atom. The van der Waals surface area contributed by atoms with Crippen molar-refractivity contribution in [1.29, 1.82) is 0 Å². The number of anilines is 1. The SMILES string of the molecule is CC.CCOC(=O)CN1CCN(CC2CCN(C(=O)c3ncc(-c4cccc(CC)c4)cc3NC(=O)CN(Cc3cccc(C)c3)C(=O)OC(C)(C)C)CC2)CC1. The van der Waals surface area contributed by atoms with Crippen molar-refractivity contribution in [3.8, 4) is 11.1 Å². The van der Waals surface area contributed by atoms with E-state index in [2.05, 4.69) is 39.2 Å². The Morgan fingerprint density at radius 2 is 1.53 bits per heavy atom. The first-order valence-corrected chi connectivity index (χ1v) is 20.6. The zero-order chi connectivity index (χ0) is 41.5. The van der Waals surface area contributed by atoms with E-state index in [0.29, 0.717) is 37.8 Å². The van der Waals surface area contributed by atoms with Crippen molar-refractivity contribution in [2.45, 2.75) is 86.8 Å². The fourth-order valence-electron chi connectivity index (χ4n) is 7.12. The third-order valence-electron chi connectivity index (χ3n) is 10.0. The van der Waals surface area contributed by atoms with Crippen LogP contribution in [0.1, 0.15) is 88.5 Å². The van der Waals surface area contributed by atoms with Crippen LogP contribution in [0, 0.1) is 12.8 Å². The summed E-state index contributed by atoms with van der Waals surface area (Å²) in [6, 6.07) is 17.7. The first-order chi connectivity index (χ1) is 27.3. The number of piperazine rings is 1. The van der Waals surface area contributed by atoms with E-state index in [1.165, 1.54) is 4.90 Å². The predicted octanol–water partition coefficient (Wildman–Crippen LogP) is 7.05. The molecule has 0 bridgehead atoms. The Kier molecular flexibility index (Phi) is 17.0. The average molecular weight is 785 g/mol. The molecule has 2 aromatic carbocycles. The van der Waals surface area contributed by atoms with Gasteiger partial charge in [0.05, 0.1) is 18.8 Å². The van der Waals surface area contributed by atoms with Crippen LogP contribution in [0.2, 0.25) is 0 Å². The molecule has 12 nitrogen and oxygen atoms in total. The number of piperidine rings is 1. The normalized spacial score (nSPS) is 15.3. The van der Waals surface area contributed by atoms with E-state index in [9.17, 15) is 19.2 Å². The molecule has 0 atom stereocenters. The van der Waals surface area contributed by atoms with Crippen LogP contribution in [-0.2, 0) is 32.0 Å².